The van der Waals surface area contributed by atoms with Gasteiger partial charge in [0.25, 0.3) is 5.91 Å². The summed E-state index contributed by atoms with van der Waals surface area (Å²) in [6.45, 7) is 1.69. The number of alkyl carbamates (subject to hydrolysis) is 1. The van der Waals surface area contributed by atoms with E-state index in [1.165, 1.54) is 18.9 Å². The highest BCUT2D eigenvalue weighted by Crippen LogP contribution is 2.44. The van der Waals surface area contributed by atoms with Crippen LogP contribution in [0.25, 0.3) is 11.1 Å². The zero-order valence-electron chi connectivity index (χ0n) is 19.0. The van der Waals surface area contributed by atoms with Crippen LogP contribution in [-0.2, 0) is 19.1 Å². The number of methoxy groups -OCH3 is 1. The number of hydrogen-bond acceptors (Lipinski definition) is 5. The van der Waals surface area contributed by atoms with Crippen molar-refractivity contribution in [1.29, 1.82) is 0 Å². The highest BCUT2D eigenvalue weighted by molar-refractivity contribution is 5.98. The molecule has 2 aromatic rings. The first kappa shape index (κ1) is 23.3. The number of likely N-dealkylation sites (tertiary alicyclic amines) is 1. The molecular weight excluding hydrogens is 436 g/mol. The summed E-state index contributed by atoms with van der Waals surface area (Å²) in [6, 6.07) is 16.1. The Labute approximate surface area is 197 Å². The van der Waals surface area contributed by atoms with Crippen molar-refractivity contribution < 1.29 is 29.0 Å². The number of carboxylic acid groups (broad SMARTS) is 1. The maximum Gasteiger partial charge on any atom is 0.407 e. The van der Waals surface area contributed by atoms with E-state index < -0.39 is 23.5 Å². The molecule has 1 saturated heterocycles. The molecule has 34 heavy (non-hydrogen) atoms. The van der Waals surface area contributed by atoms with Gasteiger partial charge < -0.3 is 24.8 Å². The Kier molecular flexibility index (Phi) is 6.57. The van der Waals surface area contributed by atoms with Crippen molar-refractivity contribution in [1.82, 2.24) is 10.2 Å². The molecule has 2 unspecified atom stereocenters. The third kappa shape index (κ3) is 4.35. The van der Waals surface area contributed by atoms with Gasteiger partial charge in [0.1, 0.15) is 12.1 Å². The van der Waals surface area contributed by atoms with Crippen LogP contribution in [0.2, 0.25) is 0 Å². The minimum atomic E-state index is -1.38. The molecule has 4 rings (SSSR count). The van der Waals surface area contributed by atoms with Gasteiger partial charge in [-0.15, -0.1) is 0 Å². The number of rotatable bonds is 5. The molecule has 1 aliphatic carbocycles. The number of carboxylic acids is 1. The third-order valence-electron chi connectivity index (χ3n) is 6.51. The molecule has 0 saturated carbocycles. The first-order valence-electron chi connectivity index (χ1n) is 11.0. The van der Waals surface area contributed by atoms with Crippen molar-refractivity contribution in [2.24, 2.45) is 0 Å². The van der Waals surface area contributed by atoms with E-state index in [1.54, 1.807) is 0 Å². The first-order valence-corrected chi connectivity index (χ1v) is 11.0. The van der Waals surface area contributed by atoms with Gasteiger partial charge in [0.05, 0.1) is 12.6 Å². The molecule has 2 atom stereocenters. The van der Waals surface area contributed by atoms with Gasteiger partial charge in [-0.2, -0.15) is 0 Å². The van der Waals surface area contributed by atoms with Crippen LogP contribution in [0.1, 0.15) is 30.4 Å². The highest BCUT2D eigenvalue weighted by Gasteiger charge is 2.50. The lowest BCUT2D eigenvalue weighted by Gasteiger charge is -2.28. The number of carbonyl (C=O) groups excluding carboxylic acids is 2. The van der Waals surface area contributed by atoms with Crippen molar-refractivity contribution in [2.75, 3.05) is 26.8 Å². The summed E-state index contributed by atoms with van der Waals surface area (Å²) in [4.78, 5) is 37.6. The Hall–Kier alpha value is -3.83. The molecule has 1 fully saturated rings. The number of hydrogen-bond donors (Lipinski definition) is 2. The summed E-state index contributed by atoms with van der Waals surface area (Å²) in [5, 5.41) is 12.1. The van der Waals surface area contributed by atoms with Crippen LogP contribution < -0.4 is 5.32 Å². The minimum Gasteiger partial charge on any atom is -0.480 e. The van der Waals surface area contributed by atoms with Gasteiger partial charge in [-0.3, -0.25) is 4.79 Å². The van der Waals surface area contributed by atoms with Crippen LogP contribution in [0.5, 0.6) is 0 Å². The lowest BCUT2D eigenvalue weighted by atomic mass is 9.98. The van der Waals surface area contributed by atoms with Crippen molar-refractivity contribution >= 4 is 18.0 Å². The maximum absolute atomic E-state index is 12.5. The molecule has 2 aliphatic rings. The molecule has 0 aromatic heterocycles. The highest BCUT2D eigenvalue weighted by atomic mass is 16.5. The Morgan fingerprint density at radius 3 is 2.32 bits per heavy atom. The van der Waals surface area contributed by atoms with Crippen LogP contribution in [0.15, 0.2) is 48.5 Å². The molecule has 1 heterocycles. The van der Waals surface area contributed by atoms with E-state index in [1.807, 2.05) is 36.4 Å². The van der Waals surface area contributed by atoms with E-state index in [2.05, 4.69) is 29.3 Å². The summed E-state index contributed by atoms with van der Waals surface area (Å²) >= 11 is 0. The van der Waals surface area contributed by atoms with Gasteiger partial charge in [0.15, 0.2) is 0 Å². The van der Waals surface area contributed by atoms with E-state index >= 15 is 0 Å². The Balaban J connectivity index is 1.31. The summed E-state index contributed by atoms with van der Waals surface area (Å²) in [5.41, 5.74) is 3.13. The van der Waals surface area contributed by atoms with Crippen molar-refractivity contribution in [2.45, 2.75) is 30.9 Å². The van der Waals surface area contributed by atoms with Crippen LogP contribution in [0, 0.1) is 11.8 Å². The fraction of sp³-hybridized carbons (Fsp3) is 0.346. The fourth-order valence-electron chi connectivity index (χ4n) is 4.64. The average Bonchev–Trinajstić information content (AvgIpc) is 3.36. The molecule has 8 heteroatoms. The second kappa shape index (κ2) is 9.57. The topological polar surface area (TPSA) is 105 Å². The standard InChI is InChI=1S/C26H26N2O6/c1-26(24(30)31)14-17(33-2)15-28(26)23(29)12-7-13-27-25(32)34-16-22-20-10-5-3-8-18(20)19-9-4-6-11-21(19)22/h3-6,8-11,17,22H,13-16H2,1-2H3,(H,27,32)(H,30,31). The van der Waals surface area contributed by atoms with E-state index in [9.17, 15) is 19.5 Å². The molecular formula is C26H26N2O6. The number of nitrogens with zero attached hydrogens (tertiary/aromatic N) is 1. The molecule has 0 spiro atoms. The molecule has 2 aromatic carbocycles. The Morgan fingerprint density at radius 2 is 1.74 bits per heavy atom. The van der Waals surface area contributed by atoms with Crippen molar-refractivity contribution in [3.63, 3.8) is 0 Å². The molecule has 2 N–H and O–H groups in total. The monoisotopic (exact) mass is 462 g/mol. The molecule has 8 nitrogen and oxygen atoms in total. The van der Waals surface area contributed by atoms with Crippen LogP contribution in [0.3, 0.4) is 0 Å². The van der Waals surface area contributed by atoms with Gasteiger partial charge >= 0.3 is 12.1 Å². The minimum absolute atomic E-state index is 0.0524. The number of amides is 2. The number of ether oxygens (including phenoxy) is 2. The van der Waals surface area contributed by atoms with Gasteiger partial charge in [-0.25, -0.2) is 9.59 Å². The summed E-state index contributed by atoms with van der Waals surface area (Å²) < 4.78 is 10.7. The second-order valence-corrected chi connectivity index (χ2v) is 8.54. The molecule has 0 bridgehead atoms. The number of fused-ring (bicyclic) bond motifs is 3. The second-order valence-electron chi connectivity index (χ2n) is 8.54. The van der Waals surface area contributed by atoms with Gasteiger partial charge in [0.2, 0.25) is 0 Å². The molecule has 0 radical (unpaired) electrons. The lowest BCUT2D eigenvalue weighted by molar-refractivity contribution is -0.153. The summed E-state index contributed by atoms with van der Waals surface area (Å²) in [5.74, 6) is 3.19. The van der Waals surface area contributed by atoms with Gasteiger partial charge in [0, 0.05) is 26.0 Å². The quantitative estimate of drug-likeness (QED) is 0.662. The van der Waals surface area contributed by atoms with E-state index in [-0.39, 0.29) is 38.1 Å². The summed E-state index contributed by atoms with van der Waals surface area (Å²) in [7, 11) is 1.48. The van der Waals surface area contributed by atoms with Crippen molar-refractivity contribution in [3.8, 4) is 23.0 Å². The largest absolute Gasteiger partial charge is 0.480 e. The van der Waals surface area contributed by atoms with Crippen LogP contribution in [0.4, 0.5) is 4.79 Å². The van der Waals surface area contributed by atoms with E-state index in [0.717, 1.165) is 22.3 Å². The van der Waals surface area contributed by atoms with Gasteiger partial charge in [-0.05, 0) is 35.1 Å². The van der Waals surface area contributed by atoms with Crippen LogP contribution in [-0.4, -0.2) is 66.4 Å². The maximum atomic E-state index is 12.5. The molecule has 2 amide bonds. The number of carbonyl (C=O) groups is 3. The predicted octanol–water partition coefficient (Wildman–Crippen LogP) is 2.62. The predicted molar refractivity (Wildman–Crippen MR) is 124 cm³/mol. The number of aliphatic carboxylic acids is 1. The van der Waals surface area contributed by atoms with Crippen LogP contribution >= 0.6 is 0 Å². The summed E-state index contributed by atoms with van der Waals surface area (Å²) in [6.07, 6.45) is -0.824. The van der Waals surface area contributed by atoms with Gasteiger partial charge in [-0.1, -0.05) is 54.5 Å². The Morgan fingerprint density at radius 1 is 1.12 bits per heavy atom. The SMILES string of the molecule is COC1CN(C(=O)C#CCNC(=O)OCC2c3ccccc3-c3ccccc32)C(C)(C(=O)O)C1. The normalized spacial score (nSPS) is 20.6. The Bertz CT molecular complexity index is 1140. The van der Waals surface area contributed by atoms with E-state index in [0.29, 0.717) is 0 Å². The molecule has 1 aliphatic heterocycles. The zero-order chi connectivity index (χ0) is 24.3. The third-order valence-corrected chi connectivity index (χ3v) is 6.51. The average molecular weight is 463 g/mol. The smallest absolute Gasteiger partial charge is 0.407 e. The molecule has 176 valence electrons. The number of benzene rings is 2. The fourth-order valence-corrected chi connectivity index (χ4v) is 4.64. The lowest BCUT2D eigenvalue weighted by Crippen LogP contribution is -2.50. The zero-order valence-corrected chi connectivity index (χ0v) is 19.0. The first-order chi connectivity index (χ1) is 16.3. The van der Waals surface area contributed by atoms with E-state index in [4.69, 9.17) is 9.47 Å². The van der Waals surface area contributed by atoms with Crippen molar-refractivity contribution in [3.05, 3.63) is 59.7 Å². The number of nitrogens with one attached hydrogen (secondary N) is 1.